The van der Waals surface area contributed by atoms with Gasteiger partial charge in [-0.2, -0.15) is 0 Å². The molecule has 0 bridgehead atoms. The number of hydrogen-bond acceptors (Lipinski definition) is 7. The Morgan fingerprint density at radius 3 is 2.62 bits per heavy atom. The lowest BCUT2D eigenvalue weighted by atomic mass is 10.3. The third kappa shape index (κ3) is 4.90. The summed E-state index contributed by atoms with van der Waals surface area (Å²) in [5, 5.41) is 6.60. The highest BCUT2D eigenvalue weighted by Crippen LogP contribution is 2.15. The van der Waals surface area contributed by atoms with Crippen molar-refractivity contribution in [3.05, 3.63) is 41.1 Å². The molecule has 7 nitrogen and oxygen atoms in total. The van der Waals surface area contributed by atoms with E-state index in [1.165, 1.54) is 4.90 Å². The highest BCUT2D eigenvalue weighted by Gasteiger charge is 2.31. The van der Waals surface area contributed by atoms with E-state index in [1.807, 2.05) is 6.92 Å². The molecule has 1 aromatic rings. The molecule has 26 heavy (non-hydrogen) atoms. The summed E-state index contributed by atoms with van der Waals surface area (Å²) >= 11 is 16.7. The lowest BCUT2D eigenvalue weighted by Gasteiger charge is -2.28. The maximum Gasteiger partial charge on any atom is 0.376 e. The van der Waals surface area contributed by atoms with Crippen molar-refractivity contribution in [3.63, 3.8) is 0 Å². The van der Waals surface area contributed by atoms with Crippen LogP contribution in [0.2, 0.25) is 5.02 Å². The van der Waals surface area contributed by atoms with Gasteiger partial charge in [0.2, 0.25) is 10.9 Å². The number of hydrazone groups is 1. The molecule has 1 aliphatic rings. The fourth-order valence-corrected chi connectivity index (χ4v) is 2.82. The van der Waals surface area contributed by atoms with Crippen molar-refractivity contribution in [3.8, 4) is 0 Å². The fourth-order valence-electron chi connectivity index (χ4n) is 2.06. The first kappa shape index (κ1) is 20.1. The number of rotatable bonds is 3. The number of esters is 1. The Morgan fingerprint density at radius 1 is 1.35 bits per heavy atom. The van der Waals surface area contributed by atoms with Crippen LogP contribution in [0.5, 0.6) is 0 Å². The topological polar surface area (TPSA) is 69.2 Å². The zero-order chi connectivity index (χ0) is 19.3. The quantitative estimate of drug-likeness (QED) is 0.259. The maximum atomic E-state index is 12.5. The third-order valence-electron chi connectivity index (χ3n) is 3.19. The number of carbonyl (C=O) groups is 1. The van der Waals surface area contributed by atoms with Crippen LogP contribution >= 0.6 is 36.0 Å². The molecular weight excluding hydrogens is 394 g/mol. The molecule has 0 unspecified atom stereocenters. The molecule has 10 heteroatoms. The number of hydrazine groups is 1. The number of benzene rings is 1. The van der Waals surface area contributed by atoms with Crippen LogP contribution in [0.15, 0.2) is 41.1 Å². The summed E-state index contributed by atoms with van der Waals surface area (Å²) in [6.07, 6.45) is 1.68. The molecule has 0 fully saturated rings. The average Bonchev–Trinajstić information content (AvgIpc) is 2.67. The number of nitrogens with one attached hydrogen (secondary N) is 2. The number of thiocarbonyl (C=S) groups is 2. The Morgan fingerprint density at radius 2 is 2.00 bits per heavy atom. The minimum Gasteiger partial charge on any atom is -0.460 e. The first-order valence-electron chi connectivity index (χ1n) is 7.66. The molecule has 2 N–H and O–H groups in total. The Labute approximate surface area is 167 Å². The van der Waals surface area contributed by atoms with Crippen molar-refractivity contribution in [2.45, 2.75) is 13.8 Å². The molecule has 0 aromatic heterocycles. The molecule has 0 radical (unpaired) electrons. The van der Waals surface area contributed by atoms with Crippen molar-refractivity contribution in [2.75, 3.05) is 19.1 Å². The van der Waals surface area contributed by atoms with Crippen LogP contribution in [0.25, 0.3) is 0 Å². The SMILES string of the molecule is CCOC(=O)C(=NNc1ccc(Cl)cc1)N1C(=S)C=C(C)NN(C)C1=S. The standard InChI is InChI=1S/C16H18ClN5O2S2/c1-4-24-15(23)14(19-18-12-7-5-11(17)6-8-12)22-13(25)9-10(2)20-21(3)16(22)26/h5-9,18,20H,4H2,1-3H3. The third-order valence-corrected chi connectivity index (χ3v) is 4.20. The van der Waals surface area contributed by atoms with E-state index in [0.717, 1.165) is 5.70 Å². The van der Waals surface area contributed by atoms with Crippen molar-refractivity contribution in [2.24, 2.45) is 5.10 Å². The second kappa shape index (κ2) is 8.93. The lowest BCUT2D eigenvalue weighted by Crippen LogP contribution is -2.51. The minimum absolute atomic E-state index is 0.0728. The number of nitrogens with zero attached hydrogens (tertiary/aromatic N) is 3. The Kier molecular flexibility index (Phi) is 6.90. The summed E-state index contributed by atoms with van der Waals surface area (Å²) in [5.74, 6) is -0.726. The molecule has 0 aliphatic carbocycles. The smallest absolute Gasteiger partial charge is 0.376 e. The average molecular weight is 412 g/mol. The monoisotopic (exact) mass is 411 g/mol. The molecule has 0 atom stereocenters. The van der Waals surface area contributed by atoms with Gasteiger partial charge >= 0.3 is 5.97 Å². The van der Waals surface area contributed by atoms with E-state index >= 15 is 0 Å². The van der Waals surface area contributed by atoms with Gasteiger partial charge in [0.1, 0.15) is 4.99 Å². The Hall–Kier alpha value is -2.23. The van der Waals surface area contributed by atoms with Crippen molar-refractivity contribution < 1.29 is 9.53 Å². The molecular formula is C16H18ClN5O2S2. The van der Waals surface area contributed by atoms with Gasteiger partial charge in [0.25, 0.3) is 0 Å². The lowest BCUT2D eigenvalue weighted by molar-refractivity contribution is -0.135. The number of amidine groups is 1. The number of carbonyl (C=O) groups excluding carboxylic acids is 1. The van der Waals surface area contributed by atoms with Crippen molar-refractivity contribution in [1.29, 1.82) is 0 Å². The number of hydrogen-bond donors (Lipinski definition) is 2. The first-order valence-corrected chi connectivity index (χ1v) is 8.86. The van der Waals surface area contributed by atoms with Crippen LogP contribution in [-0.4, -0.2) is 45.5 Å². The van der Waals surface area contributed by atoms with E-state index < -0.39 is 5.97 Å². The zero-order valence-electron chi connectivity index (χ0n) is 14.4. The largest absolute Gasteiger partial charge is 0.460 e. The normalized spacial score (nSPS) is 15.2. The Bertz CT molecular complexity index is 779. The molecule has 138 valence electrons. The van der Waals surface area contributed by atoms with E-state index in [4.69, 9.17) is 40.8 Å². The van der Waals surface area contributed by atoms with Gasteiger partial charge in [0, 0.05) is 17.8 Å². The van der Waals surface area contributed by atoms with E-state index in [2.05, 4.69) is 16.0 Å². The summed E-state index contributed by atoms with van der Waals surface area (Å²) in [5.41, 5.74) is 7.26. The summed E-state index contributed by atoms with van der Waals surface area (Å²) in [7, 11) is 1.72. The van der Waals surface area contributed by atoms with E-state index in [1.54, 1.807) is 49.3 Å². The summed E-state index contributed by atoms with van der Waals surface area (Å²) in [4.78, 5) is 14.2. The van der Waals surface area contributed by atoms with Gasteiger partial charge in [-0.15, -0.1) is 5.10 Å². The molecule has 0 amide bonds. The van der Waals surface area contributed by atoms with Crippen LogP contribution in [-0.2, 0) is 9.53 Å². The molecule has 1 heterocycles. The molecule has 0 spiro atoms. The summed E-state index contributed by atoms with van der Waals surface area (Å²) in [6, 6.07) is 6.86. The second-order valence-corrected chi connectivity index (χ2v) is 6.45. The van der Waals surface area contributed by atoms with Gasteiger partial charge in [-0.1, -0.05) is 23.8 Å². The van der Waals surface area contributed by atoms with Gasteiger partial charge in [-0.3, -0.25) is 15.3 Å². The molecule has 2 rings (SSSR count). The predicted molar refractivity (Wildman–Crippen MR) is 111 cm³/mol. The number of ether oxygens (including phenoxy) is 1. The minimum atomic E-state index is -0.653. The number of allylic oxidation sites excluding steroid dienone is 1. The van der Waals surface area contributed by atoms with Crippen LogP contribution in [0.1, 0.15) is 13.8 Å². The predicted octanol–water partition coefficient (Wildman–Crippen LogP) is 2.90. The van der Waals surface area contributed by atoms with Crippen LogP contribution < -0.4 is 10.9 Å². The van der Waals surface area contributed by atoms with Crippen molar-refractivity contribution in [1.82, 2.24) is 15.3 Å². The van der Waals surface area contributed by atoms with Gasteiger partial charge in [0.15, 0.2) is 0 Å². The fraction of sp³-hybridized carbons (Fsp3) is 0.250. The summed E-state index contributed by atoms with van der Waals surface area (Å²) in [6.45, 7) is 3.73. The number of anilines is 1. The van der Waals surface area contributed by atoms with E-state index in [9.17, 15) is 4.79 Å². The molecule has 1 aromatic carbocycles. The number of halogens is 1. The van der Waals surface area contributed by atoms with Gasteiger partial charge in [-0.25, -0.2) is 4.79 Å². The van der Waals surface area contributed by atoms with Gasteiger partial charge in [0.05, 0.1) is 12.3 Å². The van der Waals surface area contributed by atoms with E-state index in [0.29, 0.717) is 15.7 Å². The molecule has 0 saturated heterocycles. The van der Waals surface area contributed by atoms with E-state index in [-0.39, 0.29) is 17.6 Å². The van der Waals surface area contributed by atoms with Gasteiger partial charge < -0.3 is 10.2 Å². The zero-order valence-corrected chi connectivity index (χ0v) is 16.8. The van der Waals surface area contributed by atoms with Crippen LogP contribution in [0.4, 0.5) is 5.69 Å². The Balaban J connectivity index is 2.40. The molecule has 0 saturated carbocycles. The first-order chi connectivity index (χ1) is 12.3. The van der Waals surface area contributed by atoms with Crippen LogP contribution in [0, 0.1) is 0 Å². The molecule has 1 aliphatic heterocycles. The highest BCUT2D eigenvalue weighted by molar-refractivity contribution is 7.82. The summed E-state index contributed by atoms with van der Waals surface area (Å²) < 4.78 is 5.11. The van der Waals surface area contributed by atoms with Crippen LogP contribution in [0.3, 0.4) is 0 Å². The van der Waals surface area contributed by atoms with Gasteiger partial charge in [-0.05, 0) is 56.4 Å². The highest BCUT2D eigenvalue weighted by atomic mass is 35.5. The maximum absolute atomic E-state index is 12.5. The van der Waals surface area contributed by atoms with Crippen molar-refractivity contribution >= 4 is 63.6 Å². The second-order valence-electron chi connectivity index (χ2n) is 5.23.